The Labute approximate surface area is 142 Å². The summed E-state index contributed by atoms with van der Waals surface area (Å²) < 4.78 is 10.5. The number of fused-ring (bicyclic) bond motifs is 1. The smallest absolute Gasteiger partial charge is 0.348 e. The number of amides is 1. The third-order valence-electron chi connectivity index (χ3n) is 4.79. The minimum absolute atomic E-state index is 0.0993. The molecule has 0 unspecified atom stereocenters. The van der Waals surface area contributed by atoms with Crippen LogP contribution >= 0.6 is 0 Å². The molecule has 1 amide bonds. The first kappa shape index (κ1) is 16.6. The predicted octanol–water partition coefficient (Wildman–Crippen LogP) is 1.69. The molecule has 0 aromatic heterocycles. The van der Waals surface area contributed by atoms with Crippen molar-refractivity contribution in [3.8, 4) is 5.75 Å². The third-order valence-corrected chi connectivity index (χ3v) is 4.79. The van der Waals surface area contributed by atoms with E-state index in [9.17, 15) is 9.59 Å². The van der Waals surface area contributed by atoms with Gasteiger partial charge in [-0.05, 0) is 30.9 Å². The Hall–Kier alpha value is -2.24. The number of piperidine rings is 1. The maximum absolute atomic E-state index is 12.7. The van der Waals surface area contributed by atoms with Gasteiger partial charge in [-0.25, -0.2) is 4.79 Å². The average Bonchev–Trinajstić information content (AvgIpc) is 2.61. The molecule has 0 aliphatic carbocycles. The van der Waals surface area contributed by atoms with Crippen molar-refractivity contribution >= 4 is 17.6 Å². The van der Waals surface area contributed by atoms with Gasteiger partial charge in [-0.1, -0.05) is 19.1 Å². The summed E-state index contributed by atoms with van der Waals surface area (Å²) in [6.07, 6.45) is 1.39. The number of benzene rings is 1. The van der Waals surface area contributed by atoms with Crippen LogP contribution in [-0.2, 0) is 14.3 Å². The molecule has 1 aromatic carbocycles. The van der Waals surface area contributed by atoms with E-state index < -0.39 is 12.1 Å². The van der Waals surface area contributed by atoms with Gasteiger partial charge < -0.3 is 19.3 Å². The van der Waals surface area contributed by atoms with Crippen LogP contribution in [0.5, 0.6) is 5.75 Å². The second kappa shape index (κ2) is 7.11. The Kier molecular flexibility index (Phi) is 4.92. The van der Waals surface area contributed by atoms with Crippen LogP contribution in [0.15, 0.2) is 24.3 Å². The molecule has 0 N–H and O–H groups in total. The van der Waals surface area contributed by atoms with Crippen LogP contribution < -0.4 is 9.64 Å². The fourth-order valence-corrected chi connectivity index (χ4v) is 3.23. The number of anilines is 1. The molecule has 24 heavy (non-hydrogen) atoms. The number of ether oxygens (including phenoxy) is 2. The molecule has 3 rings (SSSR count). The number of carbonyl (C=O) groups excluding carboxylic acids is 2. The van der Waals surface area contributed by atoms with Crippen molar-refractivity contribution in [3.63, 3.8) is 0 Å². The van der Waals surface area contributed by atoms with Crippen LogP contribution in [0, 0.1) is 5.92 Å². The summed E-state index contributed by atoms with van der Waals surface area (Å²) >= 11 is 0. The lowest BCUT2D eigenvalue weighted by Gasteiger charge is -2.37. The molecule has 1 aromatic rings. The highest BCUT2D eigenvalue weighted by Crippen LogP contribution is 2.33. The largest absolute Gasteiger partial charge is 0.475 e. The van der Waals surface area contributed by atoms with Crippen molar-refractivity contribution in [1.29, 1.82) is 0 Å². The second-order valence-corrected chi connectivity index (χ2v) is 6.54. The maximum atomic E-state index is 12.7. The number of methoxy groups -OCH3 is 1. The van der Waals surface area contributed by atoms with Crippen molar-refractivity contribution < 1.29 is 19.1 Å². The van der Waals surface area contributed by atoms with Gasteiger partial charge in [0.05, 0.1) is 25.9 Å². The SMILES string of the molecule is COC(=O)[C@@H]1CN(CC(=O)N2CCC(C)CC2)c2ccccc2O1. The van der Waals surface area contributed by atoms with E-state index in [1.165, 1.54) is 7.11 Å². The lowest BCUT2D eigenvalue weighted by atomic mass is 9.99. The summed E-state index contributed by atoms with van der Waals surface area (Å²) in [6.45, 7) is 4.42. The summed E-state index contributed by atoms with van der Waals surface area (Å²) in [4.78, 5) is 28.4. The fourth-order valence-electron chi connectivity index (χ4n) is 3.23. The first-order valence-corrected chi connectivity index (χ1v) is 8.44. The van der Waals surface area contributed by atoms with Crippen LogP contribution in [0.25, 0.3) is 0 Å². The van der Waals surface area contributed by atoms with Crippen molar-refractivity contribution in [3.05, 3.63) is 24.3 Å². The lowest BCUT2D eigenvalue weighted by Crippen LogP contribution is -2.50. The van der Waals surface area contributed by atoms with Gasteiger partial charge in [0.2, 0.25) is 12.0 Å². The number of hydrogen-bond donors (Lipinski definition) is 0. The van der Waals surface area contributed by atoms with E-state index in [0.29, 0.717) is 18.2 Å². The zero-order chi connectivity index (χ0) is 17.1. The summed E-state index contributed by atoms with van der Waals surface area (Å²) in [5.41, 5.74) is 0.844. The van der Waals surface area contributed by atoms with E-state index in [1.54, 1.807) is 0 Å². The molecular weight excluding hydrogens is 308 g/mol. The highest BCUT2D eigenvalue weighted by atomic mass is 16.6. The number of rotatable bonds is 3. The summed E-state index contributed by atoms with van der Waals surface area (Å²) in [5.74, 6) is 0.969. The Morgan fingerprint density at radius 1 is 1.25 bits per heavy atom. The zero-order valence-electron chi connectivity index (χ0n) is 14.2. The topological polar surface area (TPSA) is 59.1 Å². The molecular formula is C18H24N2O4. The second-order valence-electron chi connectivity index (χ2n) is 6.54. The van der Waals surface area contributed by atoms with Gasteiger partial charge in [-0.2, -0.15) is 0 Å². The quantitative estimate of drug-likeness (QED) is 0.788. The average molecular weight is 332 g/mol. The Morgan fingerprint density at radius 2 is 1.96 bits per heavy atom. The molecule has 2 heterocycles. The van der Waals surface area contributed by atoms with Crippen molar-refractivity contribution in [1.82, 2.24) is 4.90 Å². The van der Waals surface area contributed by atoms with Gasteiger partial charge >= 0.3 is 5.97 Å². The van der Waals surface area contributed by atoms with E-state index in [1.807, 2.05) is 34.1 Å². The highest BCUT2D eigenvalue weighted by molar-refractivity contribution is 5.84. The molecule has 0 saturated carbocycles. The Morgan fingerprint density at radius 3 is 2.67 bits per heavy atom. The molecule has 1 atom stereocenters. The van der Waals surface area contributed by atoms with Gasteiger partial charge in [0.1, 0.15) is 5.75 Å². The fraction of sp³-hybridized carbons (Fsp3) is 0.556. The lowest BCUT2D eigenvalue weighted by molar-refractivity contribution is -0.148. The predicted molar refractivity (Wildman–Crippen MR) is 90.1 cm³/mol. The van der Waals surface area contributed by atoms with Gasteiger partial charge in [-0.15, -0.1) is 0 Å². The van der Waals surface area contributed by atoms with Crippen LogP contribution in [0.3, 0.4) is 0 Å². The molecule has 1 saturated heterocycles. The van der Waals surface area contributed by atoms with Crippen LogP contribution in [0.2, 0.25) is 0 Å². The van der Waals surface area contributed by atoms with Crippen LogP contribution in [0.1, 0.15) is 19.8 Å². The molecule has 130 valence electrons. The van der Waals surface area contributed by atoms with Crippen LogP contribution in [0.4, 0.5) is 5.69 Å². The standard InChI is InChI=1S/C18H24N2O4/c1-13-7-9-19(10-8-13)17(21)12-20-11-16(18(22)23-2)24-15-6-4-3-5-14(15)20/h3-6,13,16H,7-12H2,1-2H3/t16-/m0/s1. The minimum atomic E-state index is -0.709. The molecule has 2 aliphatic rings. The highest BCUT2D eigenvalue weighted by Gasteiger charge is 2.33. The monoisotopic (exact) mass is 332 g/mol. The maximum Gasteiger partial charge on any atom is 0.348 e. The summed E-state index contributed by atoms with van der Waals surface area (Å²) in [7, 11) is 1.34. The molecule has 2 aliphatic heterocycles. The van der Waals surface area contributed by atoms with Gasteiger partial charge in [0.15, 0.2) is 0 Å². The number of carbonyl (C=O) groups is 2. The van der Waals surface area contributed by atoms with E-state index in [0.717, 1.165) is 31.6 Å². The number of nitrogens with zero attached hydrogens (tertiary/aromatic N) is 2. The molecule has 0 spiro atoms. The van der Waals surface area contributed by atoms with E-state index >= 15 is 0 Å². The van der Waals surface area contributed by atoms with Gasteiger partial charge in [0, 0.05) is 13.1 Å². The van der Waals surface area contributed by atoms with Crippen molar-refractivity contribution in [2.75, 3.05) is 38.2 Å². The van der Waals surface area contributed by atoms with E-state index in [-0.39, 0.29) is 12.5 Å². The number of likely N-dealkylation sites (tertiary alicyclic amines) is 1. The molecule has 0 bridgehead atoms. The zero-order valence-corrected chi connectivity index (χ0v) is 14.2. The molecule has 6 heteroatoms. The molecule has 1 fully saturated rings. The number of para-hydroxylation sites is 2. The Balaban J connectivity index is 1.73. The summed E-state index contributed by atoms with van der Waals surface area (Å²) in [6, 6.07) is 7.48. The normalized spacial score (nSPS) is 21.0. The summed E-state index contributed by atoms with van der Waals surface area (Å²) in [5, 5.41) is 0. The molecule has 0 radical (unpaired) electrons. The van der Waals surface area contributed by atoms with Crippen molar-refractivity contribution in [2.45, 2.75) is 25.9 Å². The Bertz CT molecular complexity index is 611. The van der Waals surface area contributed by atoms with E-state index in [2.05, 4.69) is 6.92 Å². The first-order valence-electron chi connectivity index (χ1n) is 8.44. The minimum Gasteiger partial charge on any atom is -0.475 e. The van der Waals surface area contributed by atoms with E-state index in [4.69, 9.17) is 9.47 Å². The third kappa shape index (κ3) is 3.47. The van der Waals surface area contributed by atoms with Crippen LogP contribution in [-0.4, -0.2) is 56.2 Å². The first-order chi connectivity index (χ1) is 11.6. The number of hydrogen-bond acceptors (Lipinski definition) is 5. The van der Waals surface area contributed by atoms with Crippen molar-refractivity contribution in [2.24, 2.45) is 5.92 Å². The number of esters is 1. The molecule has 6 nitrogen and oxygen atoms in total. The van der Waals surface area contributed by atoms with Gasteiger partial charge in [-0.3, -0.25) is 4.79 Å². The van der Waals surface area contributed by atoms with Gasteiger partial charge in [0.25, 0.3) is 0 Å².